The van der Waals surface area contributed by atoms with E-state index in [4.69, 9.17) is 9.47 Å². The molecule has 0 aliphatic carbocycles. The molecule has 0 aromatic rings. The van der Waals surface area contributed by atoms with Crippen LogP contribution in [0.5, 0.6) is 0 Å². The summed E-state index contributed by atoms with van der Waals surface area (Å²) in [4.78, 5) is 53.5. The van der Waals surface area contributed by atoms with Gasteiger partial charge in [0, 0.05) is 13.3 Å². The Morgan fingerprint density at radius 2 is 1.15 bits per heavy atom. The van der Waals surface area contributed by atoms with Gasteiger partial charge in [-0.2, -0.15) is 0 Å². The lowest BCUT2D eigenvalue weighted by molar-refractivity contribution is -0.265. The maximum absolute atomic E-state index is 11.6. The van der Waals surface area contributed by atoms with Crippen LogP contribution in [0.15, 0.2) is 0 Å². The quantitative estimate of drug-likeness (QED) is 0.0490. The van der Waals surface area contributed by atoms with Crippen molar-refractivity contribution >= 4 is 24.4 Å². The van der Waals surface area contributed by atoms with E-state index in [0.29, 0.717) is 12.9 Å². The first-order chi connectivity index (χ1) is 16.2. The van der Waals surface area contributed by atoms with Crippen LogP contribution < -0.4 is 0 Å². The predicted octanol–water partition coefficient (Wildman–Crippen LogP) is 6.34. The minimum absolute atomic E-state index is 0.275. The number of carbonyl (C=O) groups is 4. The van der Waals surface area contributed by atoms with Crippen LogP contribution >= 0.6 is 0 Å². The minimum Gasteiger partial charge on any atom is -0.427 e. The lowest BCUT2D eigenvalue weighted by atomic mass is 9.98. The molecule has 0 rings (SSSR count). The number of hydrogen-bond donors (Lipinski definition) is 0. The van der Waals surface area contributed by atoms with Gasteiger partial charge in [0.1, 0.15) is 0 Å². The van der Waals surface area contributed by atoms with Crippen molar-refractivity contribution in [2.24, 2.45) is 5.41 Å². The number of ether oxygens (including phenoxy) is 2. The number of esters is 1. The summed E-state index contributed by atoms with van der Waals surface area (Å²) in [5.74, 6) is -1.48. The molecule has 0 saturated heterocycles. The molecule has 0 fully saturated rings. The summed E-state index contributed by atoms with van der Waals surface area (Å²) in [5, 5.41) is 0. The highest BCUT2D eigenvalue weighted by molar-refractivity contribution is 5.76. The molecule has 0 N–H and O–H groups in total. The van der Waals surface area contributed by atoms with Crippen molar-refractivity contribution in [1.82, 2.24) is 0 Å². The molecule has 0 radical (unpaired) electrons. The van der Waals surface area contributed by atoms with E-state index in [1.807, 2.05) is 0 Å². The van der Waals surface area contributed by atoms with Crippen molar-refractivity contribution in [2.45, 2.75) is 137 Å². The molecule has 0 bridgehead atoms. The maximum Gasteiger partial charge on any atom is 0.360 e. The van der Waals surface area contributed by atoms with Crippen LogP contribution in [0, 0.1) is 5.41 Å². The van der Waals surface area contributed by atoms with Gasteiger partial charge in [0.15, 0.2) is 0 Å². The average Bonchev–Trinajstić information content (AvgIpc) is 2.76. The van der Waals surface area contributed by atoms with Crippen LogP contribution in [-0.4, -0.2) is 30.7 Å². The first-order valence-corrected chi connectivity index (χ1v) is 12.8. The third-order valence-electron chi connectivity index (χ3n) is 5.40. The second kappa shape index (κ2) is 20.3. The van der Waals surface area contributed by atoms with Gasteiger partial charge in [0.05, 0.1) is 11.8 Å². The zero-order chi connectivity index (χ0) is 25.7. The van der Waals surface area contributed by atoms with Crippen molar-refractivity contribution in [1.29, 1.82) is 0 Å². The molecular weight excluding hydrogens is 440 g/mol. The summed E-state index contributed by atoms with van der Waals surface area (Å²) in [5.41, 5.74) is -0.687. The van der Waals surface area contributed by atoms with E-state index in [9.17, 15) is 19.2 Å². The molecule has 0 aliphatic rings. The largest absolute Gasteiger partial charge is 0.427 e. The van der Waals surface area contributed by atoms with Crippen LogP contribution in [0.3, 0.4) is 0 Å². The molecule has 0 aliphatic heterocycles. The maximum atomic E-state index is 11.6. The molecule has 1 atom stereocenters. The lowest BCUT2D eigenvalue weighted by Crippen LogP contribution is -2.24. The van der Waals surface area contributed by atoms with Gasteiger partial charge in [0.25, 0.3) is 6.47 Å². The Morgan fingerprint density at radius 3 is 1.56 bits per heavy atom. The third-order valence-corrected chi connectivity index (χ3v) is 5.40. The Hall–Kier alpha value is -2.12. The van der Waals surface area contributed by atoms with Crippen LogP contribution in [0.25, 0.3) is 0 Å². The van der Waals surface area contributed by atoms with E-state index >= 15 is 0 Å². The van der Waals surface area contributed by atoms with Crippen LogP contribution in [0.1, 0.15) is 130 Å². The molecule has 0 heterocycles. The van der Waals surface area contributed by atoms with Crippen molar-refractivity contribution < 1.29 is 38.4 Å². The van der Waals surface area contributed by atoms with Gasteiger partial charge in [0.2, 0.25) is 6.29 Å². The summed E-state index contributed by atoms with van der Waals surface area (Å²) < 4.78 is 9.67. The molecule has 0 saturated carbocycles. The SMILES string of the molecule is CC(=O)OC(CCCCCCCCCCCCCCCCC(=O)OOC(=O)C(C)(C)C)OC=O. The molecule has 1 unspecified atom stereocenters. The summed E-state index contributed by atoms with van der Waals surface area (Å²) in [7, 11) is 0. The van der Waals surface area contributed by atoms with E-state index < -0.39 is 29.6 Å². The first-order valence-electron chi connectivity index (χ1n) is 12.8. The third kappa shape index (κ3) is 20.5. The zero-order valence-corrected chi connectivity index (χ0v) is 21.7. The van der Waals surface area contributed by atoms with Gasteiger partial charge in [-0.05, 0) is 33.6 Å². The molecular formula is C26H46O8. The molecule has 0 aromatic heterocycles. The second-order valence-electron chi connectivity index (χ2n) is 9.84. The molecule has 0 amide bonds. The Balaban J connectivity index is 3.38. The van der Waals surface area contributed by atoms with E-state index in [1.54, 1.807) is 20.8 Å². The number of carbonyl (C=O) groups excluding carboxylic acids is 4. The van der Waals surface area contributed by atoms with Gasteiger partial charge in [-0.3, -0.25) is 9.59 Å². The van der Waals surface area contributed by atoms with Gasteiger partial charge in [-0.15, -0.1) is 0 Å². The van der Waals surface area contributed by atoms with E-state index in [2.05, 4.69) is 9.78 Å². The van der Waals surface area contributed by atoms with Gasteiger partial charge < -0.3 is 9.47 Å². The highest BCUT2D eigenvalue weighted by atomic mass is 17.2. The number of rotatable bonds is 20. The highest BCUT2D eigenvalue weighted by Gasteiger charge is 2.25. The van der Waals surface area contributed by atoms with E-state index in [1.165, 1.54) is 58.3 Å². The fourth-order valence-electron chi connectivity index (χ4n) is 3.35. The minimum atomic E-state index is -0.753. The van der Waals surface area contributed by atoms with Crippen LogP contribution in [-0.2, 0) is 38.4 Å². The van der Waals surface area contributed by atoms with Crippen molar-refractivity contribution in [2.75, 3.05) is 0 Å². The Bertz CT molecular complexity index is 568. The fourth-order valence-corrected chi connectivity index (χ4v) is 3.35. The zero-order valence-electron chi connectivity index (χ0n) is 21.7. The smallest absolute Gasteiger partial charge is 0.360 e. The topological polar surface area (TPSA) is 105 Å². The van der Waals surface area contributed by atoms with Crippen LogP contribution in [0.4, 0.5) is 0 Å². The van der Waals surface area contributed by atoms with E-state index in [-0.39, 0.29) is 6.42 Å². The molecule has 8 heteroatoms. The molecule has 34 heavy (non-hydrogen) atoms. The van der Waals surface area contributed by atoms with Gasteiger partial charge in [-0.25, -0.2) is 19.4 Å². The average molecular weight is 487 g/mol. The first kappa shape index (κ1) is 31.9. The summed E-state index contributed by atoms with van der Waals surface area (Å²) in [6.45, 7) is 6.73. The van der Waals surface area contributed by atoms with Crippen molar-refractivity contribution in [3.8, 4) is 0 Å². The monoisotopic (exact) mass is 486 g/mol. The van der Waals surface area contributed by atoms with Gasteiger partial charge in [-0.1, -0.05) is 77.0 Å². The van der Waals surface area contributed by atoms with Crippen molar-refractivity contribution in [3.05, 3.63) is 0 Å². The Labute approximate surface area is 205 Å². The molecule has 0 aromatic carbocycles. The molecule has 0 spiro atoms. The van der Waals surface area contributed by atoms with Gasteiger partial charge >= 0.3 is 17.9 Å². The molecule has 198 valence electrons. The summed E-state index contributed by atoms with van der Waals surface area (Å²) in [6, 6.07) is 0. The Kier molecular flexibility index (Phi) is 19.0. The fraction of sp³-hybridized carbons (Fsp3) is 0.846. The number of unbranched alkanes of at least 4 members (excludes halogenated alkanes) is 13. The Morgan fingerprint density at radius 1 is 0.706 bits per heavy atom. The standard InChI is InChI=1S/C26H46O8/c1-22(28)32-24(31-21-27)20-18-16-14-12-10-8-6-5-7-9-11-13-15-17-19-23(29)33-34-25(30)26(2,3)4/h21,24H,5-20H2,1-4H3. The lowest BCUT2D eigenvalue weighted by Gasteiger charge is -2.14. The summed E-state index contributed by atoms with van der Waals surface area (Å²) in [6.07, 6.45) is 15.8. The predicted molar refractivity (Wildman–Crippen MR) is 128 cm³/mol. The van der Waals surface area contributed by atoms with Crippen LogP contribution in [0.2, 0.25) is 0 Å². The highest BCUT2D eigenvalue weighted by Crippen LogP contribution is 2.17. The molecule has 8 nitrogen and oxygen atoms in total. The van der Waals surface area contributed by atoms with E-state index in [0.717, 1.165) is 38.5 Å². The summed E-state index contributed by atoms with van der Waals surface area (Å²) >= 11 is 0. The normalized spacial score (nSPS) is 12.0. The van der Waals surface area contributed by atoms with Crippen molar-refractivity contribution in [3.63, 3.8) is 0 Å². The second-order valence-corrected chi connectivity index (χ2v) is 9.84. The number of hydrogen-bond acceptors (Lipinski definition) is 8.